The molecule has 0 radical (unpaired) electrons. The molecule has 1 aromatic heterocycles. The van der Waals surface area contributed by atoms with E-state index >= 15 is 0 Å². The van der Waals surface area contributed by atoms with Gasteiger partial charge in [-0.3, -0.25) is 0 Å². The predicted molar refractivity (Wildman–Crippen MR) is 77.3 cm³/mol. The Kier molecular flexibility index (Phi) is 2.75. The number of nitrogens with zero attached hydrogens (tertiary/aromatic N) is 1. The van der Waals surface area contributed by atoms with Gasteiger partial charge in [0.2, 0.25) is 0 Å². The van der Waals surface area contributed by atoms with Crippen LogP contribution in [0, 0.1) is 0 Å². The Hall–Kier alpha value is -2.29. The van der Waals surface area contributed by atoms with Gasteiger partial charge in [0, 0.05) is 11.6 Å². The second kappa shape index (κ2) is 4.43. The van der Waals surface area contributed by atoms with Crippen LogP contribution in [0.4, 0.5) is 0 Å². The molecule has 96 valence electrons. The second-order valence-electron chi connectivity index (χ2n) is 5.06. The van der Waals surface area contributed by atoms with Crippen molar-refractivity contribution in [2.45, 2.75) is 19.8 Å². The number of nitrogens with one attached hydrogen (secondary N) is 1. The molecule has 0 bridgehead atoms. The van der Waals surface area contributed by atoms with Gasteiger partial charge in [0.25, 0.3) is 0 Å². The topological polar surface area (TPSA) is 48.9 Å². The van der Waals surface area contributed by atoms with Crippen LogP contribution in [-0.2, 0) is 0 Å². The van der Waals surface area contributed by atoms with Crippen molar-refractivity contribution in [3.8, 4) is 17.1 Å². The van der Waals surface area contributed by atoms with E-state index in [9.17, 15) is 5.11 Å². The summed E-state index contributed by atoms with van der Waals surface area (Å²) in [6.45, 7) is 4.36. The van der Waals surface area contributed by atoms with Gasteiger partial charge in [-0.2, -0.15) is 0 Å². The number of aromatic hydroxyl groups is 1. The first-order valence-electron chi connectivity index (χ1n) is 6.42. The van der Waals surface area contributed by atoms with E-state index in [-0.39, 0.29) is 5.75 Å². The third-order valence-electron chi connectivity index (χ3n) is 3.32. The molecule has 2 N–H and O–H groups in total. The number of H-pyrrole nitrogens is 1. The Morgan fingerprint density at radius 1 is 1.05 bits per heavy atom. The molecule has 0 unspecified atom stereocenters. The van der Waals surface area contributed by atoms with Crippen molar-refractivity contribution >= 4 is 11.0 Å². The van der Waals surface area contributed by atoms with Crippen LogP contribution in [0.3, 0.4) is 0 Å². The molecule has 1 heterocycles. The van der Waals surface area contributed by atoms with Gasteiger partial charge in [-0.15, -0.1) is 0 Å². The lowest BCUT2D eigenvalue weighted by atomic mass is 10.0. The molecule has 0 aliphatic rings. The number of fused-ring (bicyclic) bond motifs is 1. The highest BCUT2D eigenvalue weighted by Gasteiger charge is 2.06. The number of aromatic amines is 1. The normalized spacial score (nSPS) is 11.3. The Morgan fingerprint density at radius 3 is 2.47 bits per heavy atom. The quantitative estimate of drug-likeness (QED) is 0.722. The average molecular weight is 252 g/mol. The van der Waals surface area contributed by atoms with E-state index < -0.39 is 0 Å². The monoisotopic (exact) mass is 252 g/mol. The summed E-state index contributed by atoms with van der Waals surface area (Å²) < 4.78 is 0. The minimum atomic E-state index is 0.248. The SMILES string of the molecule is CC(C)c1ccc(-c2nc3ccc(O)cc3[nH]2)cc1. The van der Waals surface area contributed by atoms with Crippen molar-refractivity contribution in [1.29, 1.82) is 0 Å². The molecule has 19 heavy (non-hydrogen) atoms. The van der Waals surface area contributed by atoms with E-state index in [1.54, 1.807) is 12.1 Å². The van der Waals surface area contributed by atoms with Crippen molar-refractivity contribution in [1.82, 2.24) is 9.97 Å². The number of phenolic OH excluding ortho intramolecular Hbond substituents is 1. The molecule has 3 nitrogen and oxygen atoms in total. The molecule has 0 amide bonds. The fourth-order valence-electron chi connectivity index (χ4n) is 2.16. The summed E-state index contributed by atoms with van der Waals surface area (Å²) in [7, 11) is 0. The van der Waals surface area contributed by atoms with E-state index in [0.717, 1.165) is 22.4 Å². The van der Waals surface area contributed by atoms with Crippen LogP contribution in [-0.4, -0.2) is 15.1 Å². The first kappa shape index (κ1) is 11.8. The lowest BCUT2D eigenvalue weighted by Gasteiger charge is -2.05. The standard InChI is InChI=1S/C16H16N2O/c1-10(2)11-3-5-12(6-4-11)16-17-14-8-7-13(19)9-15(14)18-16/h3-10,19H,1-2H3,(H,17,18). The highest BCUT2D eigenvalue weighted by Crippen LogP contribution is 2.24. The summed E-state index contributed by atoms with van der Waals surface area (Å²) in [4.78, 5) is 7.76. The number of hydrogen-bond acceptors (Lipinski definition) is 2. The number of phenols is 1. The maximum atomic E-state index is 9.46. The van der Waals surface area contributed by atoms with Gasteiger partial charge in [-0.25, -0.2) is 4.98 Å². The molecule has 0 saturated heterocycles. The van der Waals surface area contributed by atoms with E-state index in [1.807, 2.05) is 6.07 Å². The maximum Gasteiger partial charge on any atom is 0.138 e. The molecule has 0 saturated carbocycles. The molecule has 3 heteroatoms. The summed E-state index contributed by atoms with van der Waals surface area (Å²) in [5.41, 5.74) is 4.08. The highest BCUT2D eigenvalue weighted by molar-refractivity contribution is 5.80. The van der Waals surface area contributed by atoms with Crippen LogP contribution in [0.5, 0.6) is 5.75 Å². The van der Waals surface area contributed by atoms with E-state index in [4.69, 9.17) is 0 Å². The minimum Gasteiger partial charge on any atom is -0.508 e. The third kappa shape index (κ3) is 2.19. The Bertz CT molecular complexity index is 711. The predicted octanol–water partition coefficient (Wildman–Crippen LogP) is 4.06. The first-order chi connectivity index (χ1) is 9.13. The van der Waals surface area contributed by atoms with Crippen molar-refractivity contribution in [3.05, 3.63) is 48.0 Å². The Balaban J connectivity index is 2.03. The molecule has 3 aromatic rings. The molecule has 0 atom stereocenters. The zero-order valence-electron chi connectivity index (χ0n) is 11.0. The highest BCUT2D eigenvalue weighted by atomic mass is 16.3. The van der Waals surface area contributed by atoms with Crippen LogP contribution in [0.1, 0.15) is 25.3 Å². The molecule has 0 spiro atoms. The summed E-state index contributed by atoms with van der Waals surface area (Å²) in [5, 5.41) is 9.46. The number of rotatable bonds is 2. The van der Waals surface area contributed by atoms with Gasteiger partial charge in [0.05, 0.1) is 11.0 Å². The smallest absolute Gasteiger partial charge is 0.138 e. The number of hydrogen-bond donors (Lipinski definition) is 2. The maximum absolute atomic E-state index is 9.46. The number of imidazole rings is 1. The largest absolute Gasteiger partial charge is 0.508 e. The molecular weight excluding hydrogens is 236 g/mol. The van der Waals surface area contributed by atoms with Gasteiger partial charge < -0.3 is 10.1 Å². The second-order valence-corrected chi connectivity index (χ2v) is 5.06. The molecular formula is C16H16N2O. The van der Waals surface area contributed by atoms with Gasteiger partial charge in [-0.05, 0) is 23.6 Å². The summed E-state index contributed by atoms with van der Waals surface area (Å²) >= 11 is 0. The van der Waals surface area contributed by atoms with Crippen LogP contribution < -0.4 is 0 Å². The van der Waals surface area contributed by atoms with Gasteiger partial charge >= 0.3 is 0 Å². The van der Waals surface area contributed by atoms with Crippen LogP contribution in [0.15, 0.2) is 42.5 Å². The molecule has 3 rings (SSSR count). The van der Waals surface area contributed by atoms with Crippen molar-refractivity contribution in [3.63, 3.8) is 0 Å². The van der Waals surface area contributed by atoms with Crippen molar-refractivity contribution < 1.29 is 5.11 Å². The van der Waals surface area contributed by atoms with Crippen molar-refractivity contribution in [2.75, 3.05) is 0 Å². The number of aromatic nitrogens is 2. The Morgan fingerprint density at radius 2 is 1.79 bits per heavy atom. The molecule has 0 aliphatic carbocycles. The minimum absolute atomic E-state index is 0.248. The average Bonchev–Trinajstić information content (AvgIpc) is 2.81. The van der Waals surface area contributed by atoms with Gasteiger partial charge in [0.1, 0.15) is 11.6 Å². The summed E-state index contributed by atoms with van der Waals surface area (Å²) in [5.74, 6) is 1.61. The molecule has 0 aliphatic heterocycles. The molecule has 0 fully saturated rings. The Labute approximate surface area is 111 Å². The lowest BCUT2D eigenvalue weighted by molar-refractivity contribution is 0.476. The third-order valence-corrected chi connectivity index (χ3v) is 3.32. The van der Waals surface area contributed by atoms with E-state index in [1.165, 1.54) is 5.56 Å². The summed E-state index contributed by atoms with van der Waals surface area (Å²) in [6.07, 6.45) is 0. The zero-order chi connectivity index (χ0) is 13.4. The van der Waals surface area contributed by atoms with Crippen LogP contribution in [0.2, 0.25) is 0 Å². The van der Waals surface area contributed by atoms with Crippen molar-refractivity contribution in [2.24, 2.45) is 0 Å². The van der Waals surface area contributed by atoms with Gasteiger partial charge in [0.15, 0.2) is 0 Å². The molecule has 2 aromatic carbocycles. The van der Waals surface area contributed by atoms with Crippen LogP contribution >= 0.6 is 0 Å². The lowest BCUT2D eigenvalue weighted by Crippen LogP contribution is -1.87. The zero-order valence-corrected chi connectivity index (χ0v) is 11.0. The fraction of sp³-hybridized carbons (Fsp3) is 0.188. The first-order valence-corrected chi connectivity index (χ1v) is 6.42. The van der Waals surface area contributed by atoms with E-state index in [2.05, 4.69) is 48.1 Å². The fourth-order valence-corrected chi connectivity index (χ4v) is 2.16. The summed E-state index contributed by atoms with van der Waals surface area (Å²) in [6, 6.07) is 13.6. The van der Waals surface area contributed by atoms with Gasteiger partial charge in [-0.1, -0.05) is 38.1 Å². The van der Waals surface area contributed by atoms with Crippen LogP contribution in [0.25, 0.3) is 22.4 Å². The number of benzene rings is 2. The van der Waals surface area contributed by atoms with E-state index in [0.29, 0.717) is 5.92 Å².